The van der Waals surface area contributed by atoms with Gasteiger partial charge in [-0.15, -0.1) is 9.24 Å². The highest BCUT2D eigenvalue weighted by atomic mass is 35.5. The van der Waals surface area contributed by atoms with Crippen molar-refractivity contribution in [3.63, 3.8) is 0 Å². The molecule has 0 aromatic heterocycles. The molecule has 1 fully saturated rings. The minimum atomic E-state index is -0.710. The van der Waals surface area contributed by atoms with Crippen molar-refractivity contribution in [2.75, 3.05) is 19.6 Å². The van der Waals surface area contributed by atoms with Crippen LogP contribution in [0.15, 0.2) is 54.6 Å². The minimum Gasteiger partial charge on any atom is -0.388 e. The van der Waals surface area contributed by atoms with E-state index in [1.165, 1.54) is 12.8 Å². The number of hydrogen-bond acceptors (Lipinski definition) is 3. The molecule has 28 heavy (non-hydrogen) atoms. The first-order chi connectivity index (χ1) is 13.5. The first-order valence-electron chi connectivity index (χ1n) is 10.1. The van der Waals surface area contributed by atoms with E-state index in [2.05, 4.69) is 33.2 Å². The Bertz CT molecular complexity index is 727. The van der Waals surface area contributed by atoms with Crippen molar-refractivity contribution >= 4 is 20.8 Å². The standard InChI is InChI=1S/C23H31ClNO2P/c1-2-6-21(28)15-25-14-13-23(22(26)16-25,19-9-11-20(24)12-10-19)27-17-18-7-4-3-5-8-18/h3-5,7-12,21-22,26H,2,6,13-17,28H2,1H3/t21?,22-,23-/m1/s1. The smallest absolute Gasteiger partial charge is 0.122 e. The van der Waals surface area contributed by atoms with Crippen LogP contribution in [-0.4, -0.2) is 41.4 Å². The third-order valence-corrected chi connectivity index (χ3v) is 6.39. The number of ether oxygens (including phenoxy) is 1. The molecule has 0 radical (unpaired) electrons. The minimum absolute atomic E-state index is 0.475. The summed E-state index contributed by atoms with van der Waals surface area (Å²) in [6.07, 6.45) is 2.53. The molecule has 0 bridgehead atoms. The second kappa shape index (κ2) is 10.2. The summed E-state index contributed by atoms with van der Waals surface area (Å²) in [6.45, 7) is 5.20. The summed E-state index contributed by atoms with van der Waals surface area (Å²) in [5.41, 5.74) is 1.96. The summed E-state index contributed by atoms with van der Waals surface area (Å²) in [5, 5.41) is 11.9. The Morgan fingerprint density at radius 1 is 1.21 bits per heavy atom. The van der Waals surface area contributed by atoms with Gasteiger partial charge < -0.3 is 9.84 Å². The van der Waals surface area contributed by atoms with Gasteiger partial charge in [0.2, 0.25) is 0 Å². The van der Waals surface area contributed by atoms with E-state index < -0.39 is 11.7 Å². The number of aliphatic hydroxyl groups is 1. The van der Waals surface area contributed by atoms with Crippen molar-refractivity contribution in [3.8, 4) is 0 Å². The molecule has 1 N–H and O–H groups in total. The van der Waals surface area contributed by atoms with Crippen LogP contribution in [-0.2, 0) is 16.9 Å². The highest BCUT2D eigenvalue weighted by Gasteiger charge is 2.45. The molecule has 3 nitrogen and oxygen atoms in total. The molecule has 1 aliphatic rings. The molecule has 152 valence electrons. The summed E-state index contributed by atoms with van der Waals surface area (Å²) in [5.74, 6) is 0. The monoisotopic (exact) mass is 419 g/mol. The summed E-state index contributed by atoms with van der Waals surface area (Å²) >= 11 is 6.10. The Hall–Kier alpha value is -0.960. The van der Waals surface area contributed by atoms with E-state index in [1.807, 2.05) is 42.5 Å². The van der Waals surface area contributed by atoms with Crippen LogP contribution in [0.4, 0.5) is 0 Å². The highest BCUT2D eigenvalue weighted by Crippen LogP contribution is 2.38. The summed E-state index contributed by atoms with van der Waals surface area (Å²) in [6, 6.07) is 17.9. The molecule has 1 heterocycles. The van der Waals surface area contributed by atoms with E-state index in [1.54, 1.807) is 0 Å². The topological polar surface area (TPSA) is 32.7 Å². The number of nitrogens with zero attached hydrogens (tertiary/aromatic N) is 1. The number of aliphatic hydroxyl groups excluding tert-OH is 1. The molecule has 3 rings (SSSR count). The van der Waals surface area contributed by atoms with Gasteiger partial charge in [0.25, 0.3) is 0 Å². The average molecular weight is 420 g/mol. The molecule has 0 spiro atoms. The van der Waals surface area contributed by atoms with Crippen molar-refractivity contribution in [2.24, 2.45) is 0 Å². The number of hydrogen-bond donors (Lipinski definition) is 1. The van der Waals surface area contributed by atoms with Crippen LogP contribution >= 0.6 is 20.8 Å². The Kier molecular flexibility index (Phi) is 7.91. The Balaban J connectivity index is 1.78. The van der Waals surface area contributed by atoms with E-state index in [9.17, 15) is 5.11 Å². The lowest BCUT2D eigenvalue weighted by atomic mass is 9.81. The zero-order valence-corrected chi connectivity index (χ0v) is 18.5. The molecule has 2 aromatic carbocycles. The van der Waals surface area contributed by atoms with Gasteiger partial charge in [0.15, 0.2) is 0 Å². The maximum atomic E-state index is 11.2. The van der Waals surface area contributed by atoms with Crippen LogP contribution < -0.4 is 0 Å². The van der Waals surface area contributed by atoms with Crippen molar-refractivity contribution in [1.29, 1.82) is 0 Å². The Morgan fingerprint density at radius 3 is 2.57 bits per heavy atom. The zero-order valence-electron chi connectivity index (χ0n) is 16.6. The van der Waals surface area contributed by atoms with Crippen LogP contribution in [0.25, 0.3) is 0 Å². The van der Waals surface area contributed by atoms with Crippen LogP contribution in [0.3, 0.4) is 0 Å². The Labute approximate surface area is 176 Å². The SMILES string of the molecule is CCCC(P)CN1CC[C@@](OCc2ccccc2)(c2ccc(Cl)cc2)[C@H](O)C1. The van der Waals surface area contributed by atoms with E-state index in [4.69, 9.17) is 16.3 Å². The predicted octanol–water partition coefficient (Wildman–Crippen LogP) is 4.86. The van der Waals surface area contributed by atoms with E-state index in [0.717, 1.165) is 30.6 Å². The number of halogens is 1. The van der Waals surface area contributed by atoms with Gasteiger partial charge in [0, 0.05) is 24.7 Å². The molecule has 0 saturated carbocycles. The number of piperidine rings is 1. The number of benzene rings is 2. The van der Waals surface area contributed by atoms with Gasteiger partial charge in [-0.3, -0.25) is 4.90 Å². The van der Waals surface area contributed by atoms with Gasteiger partial charge in [0.05, 0.1) is 12.7 Å². The quantitative estimate of drug-likeness (QED) is 0.620. The lowest BCUT2D eigenvalue weighted by molar-refractivity contribution is -0.170. The van der Waals surface area contributed by atoms with Crippen LogP contribution in [0.1, 0.15) is 37.3 Å². The van der Waals surface area contributed by atoms with Gasteiger partial charge in [0.1, 0.15) is 5.60 Å². The molecule has 4 atom stereocenters. The van der Waals surface area contributed by atoms with E-state index in [-0.39, 0.29) is 0 Å². The lowest BCUT2D eigenvalue weighted by Gasteiger charge is -2.46. The average Bonchev–Trinajstić information content (AvgIpc) is 2.69. The molecule has 5 heteroatoms. The zero-order chi connectivity index (χ0) is 20.0. The maximum Gasteiger partial charge on any atom is 0.122 e. The summed E-state index contributed by atoms with van der Waals surface area (Å²) < 4.78 is 6.47. The van der Waals surface area contributed by atoms with Crippen molar-refractivity contribution in [2.45, 2.75) is 50.2 Å². The third-order valence-electron chi connectivity index (χ3n) is 5.59. The van der Waals surface area contributed by atoms with E-state index in [0.29, 0.717) is 23.8 Å². The molecule has 1 aliphatic heterocycles. The first kappa shape index (κ1) is 21.7. The Morgan fingerprint density at radius 2 is 1.93 bits per heavy atom. The second-order valence-electron chi connectivity index (χ2n) is 7.74. The van der Waals surface area contributed by atoms with Crippen molar-refractivity contribution in [1.82, 2.24) is 4.90 Å². The number of rotatable bonds is 8. The summed E-state index contributed by atoms with van der Waals surface area (Å²) in [7, 11) is 2.95. The van der Waals surface area contributed by atoms with Crippen LogP contribution in [0, 0.1) is 0 Å². The van der Waals surface area contributed by atoms with Gasteiger partial charge in [-0.25, -0.2) is 0 Å². The molecule has 0 aliphatic carbocycles. The predicted molar refractivity (Wildman–Crippen MR) is 120 cm³/mol. The summed E-state index contributed by atoms with van der Waals surface area (Å²) in [4.78, 5) is 2.36. The largest absolute Gasteiger partial charge is 0.388 e. The van der Waals surface area contributed by atoms with Gasteiger partial charge >= 0.3 is 0 Å². The second-order valence-corrected chi connectivity index (χ2v) is 9.12. The third kappa shape index (κ3) is 5.34. The molecule has 2 aromatic rings. The van der Waals surface area contributed by atoms with E-state index >= 15 is 0 Å². The fraction of sp³-hybridized carbons (Fsp3) is 0.478. The van der Waals surface area contributed by atoms with Gasteiger partial charge in [-0.2, -0.15) is 0 Å². The first-order valence-corrected chi connectivity index (χ1v) is 11.2. The number of β-amino-alcohol motifs (C(OH)–C–C–N with tert-alkyl or cyclic N) is 1. The molecular formula is C23H31ClNO2P. The van der Waals surface area contributed by atoms with Crippen molar-refractivity contribution in [3.05, 3.63) is 70.7 Å². The maximum absolute atomic E-state index is 11.2. The molecule has 2 unspecified atom stereocenters. The van der Waals surface area contributed by atoms with Gasteiger partial charge in [-0.1, -0.05) is 67.4 Å². The molecule has 1 saturated heterocycles. The van der Waals surface area contributed by atoms with Crippen LogP contribution in [0.2, 0.25) is 5.02 Å². The van der Waals surface area contributed by atoms with Crippen LogP contribution in [0.5, 0.6) is 0 Å². The normalized spacial score (nSPS) is 24.2. The lowest BCUT2D eigenvalue weighted by Crippen LogP contribution is -2.55. The van der Waals surface area contributed by atoms with Crippen molar-refractivity contribution < 1.29 is 9.84 Å². The fourth-order valence-corrected chi connectivity index (χ4v) is 4.80. The highest BCUT2D eigenvalue weighted by molar-refractivity contribution is 7.17. The molecular weight excluding hydrogens is 389 g/mol. The number of likely N-dealkylation sites (tertiary alicyclic amines) is 1. The van der Waals surface area contributed by atoms with Gasteiger partial charge in [-0.05, 0) is 41.8 Å². The fourth-order valence-electron chi connectivity index (χ4n) is 4.04. The molecule has 0 amide bonds.